The largest absolute Gasteiger partial charge is 0.493 e. The molecule has 118 valence electrons. The van der Waals surface area contributed by atoms with Gasteiger partial charge in [-0.15, -0.1) is 0 Å². The zero-order valence-electron chi connectivity index (χ0n) is 12.8. The second kappa shape index (κ2) is 11.1. The molecule has 0 heterocycles. The molecular weight excluding hydrogens is 272 g/mol. The van der Waals surface area contributed by atoms with Gasteiger partial charge in [0.2, 0.25) is 0 Å². The van der Waals surface area contributed by atoms with Gasteiger partial charge in [0.05, 0.1) is 26.9 Å². The molecule has 5 heteroatoms. The Balaban J connectivity index is 2.18. The molecule has 5 nitrogen and oxygen atoms in total. The van der Waals surface area contributed by atoms with Gasteiger partial charge in [-0.05, 0) is 24.6 Å². The van der Waals surface area contributed by atoms with Crippen LogP contribution in [0.15, 0.2) is 18.2 Å². The van der Waals surface area contributed by atoms with Crippen LogP contribution in [0.3, 0.4) is 0 Å². The molecule has 1 rings (SSSR count). The van der Waals surface area contributed by atoms with E-state index in [1.807, 2.05) is 0 Å². The molecule has 0 saturated carbocycles. The van der Waals surface area contributed by atoms with Crippen LogP contribution in [0.2, 0.25) is 0 Å². The van der Waals surface area contributed by atoms with Crippen molar-refractivity contribution in [3.63, 3.8) is 0 Å². The summed E-state index contributed by atoms with van der Waals surface area (Å²) in [5.41, 5.74) is 0.552. The summed E-state index contributed by atoms with van der Waals surface area (Å²) >= 11 is 0. The first-order valence-electron chi connectivity index (χ1n) is 7.23. The molecule has 0 aliphatic heterocycles. The Labute approximate surface area is 126 Å². The lowest BCUT2D eigenvalue weighted by Gasteiger charge is -2.11. The lowest BCUT2D eigenvalue weighted by Crippen LogP contribution is -2.11. The number of carbonyl (C=O) groups is 1. The fourth-order valence-corrected chi connectivity index (χ4v) is 1.66. The van der Waals surface area contributed by atoms with Crippen molar-refractivity contribution in [1.29, 1.82) is 0 Å². The van der Waals surface area contributed by atoms with Crippen LogP contribution < -0.4 is 9.47 Å². The minimum atomic E-state index is 0.396. The molecule has 0 bridgehead atoms. The van der Waals surface area contributed by atoms with Gasteiger partial charge in [-0.2, -0.15) is 0 Å². The van der Waals surface area contributed by atoms with E-state index >= 15 is 0 Å². The molecular formula is C16H24O5. The van der Waals surface area contributed by atoms with Crippen molar-refractivity contribution in [2.45, 2.75) is 19.8 Å². The summed E-state index contributed by atoms with van der Waals surface area (Å²) in [6.45, 7) is 4.93. The Kier molecular flexibility index (Phi) is 9.24. The first-order chi connectivity index (χ1) is 10.3. The monoisotopic (exact) mass is 296 g/mol. The number of hydrogen-bond donors (Lipinski definition) is 0. The zero-order chi connectivity index (χ0) is 15.3. The van der Waals surface area contributed by atoms with Crippen LogP contribution in [0.25, 0.3) is 0 Å². The summed E-state index contributed by atoms with van der Waals surface area (Å²) in [5.74, 6) is 1.15. The summed E-state index contributed by atoms with van der Waals surface area (Å²) in [5, 5.41) is 0. The Morgan fingerprint density at radius 2 is 1.71 bits per heavy atom. The standard InChI is InChI=1S/C16H24O5/c1-3-4-7-19-8-9-20-10-11-21-16-12-14(13-17)5-6-15(16)18-2/h5-6,12-13H,3-4,7-11H2,1-2H3. The van der Waals surface area contributed by atoms with Gasteiger partial charge < -0.3 is 18.9 Å². The number of methoxy groups -OCH3 is 1. The Morgan fingerprint density at radius 1 is 1.00 bits per heavy atom. The van der Waals surface area contributed by atoms with E-state index in [1.54, 1.807) is 25.3 Å². The predicted octanol–water partition coefficient (Wildman–Crippen LogP) is 2.72. The second-order valence-electron chi connectivity index (χ2n) is 4.45. The fourth-order valence-electron chi connectivity index (χ4n) is 1.66. The van der Waals surface area contributed by atoms with E-state index < -0.39 is 0 Å². The quantitative estimate of drug-likeness (QED) is 0.438. The number of unbranched alkanes of at least 4 members (excludes halogenated alkanes) is 1. The number of ether oxygens (including phenoxy) is 4. The summed E-state index contributed by atoms with van der Waals surface area (Å²) in [7, 11) is 1.56. The fraction of sp³-hybridized carbons (Fsp3) is 0.562. The van der Waals surface area contributed by atoms with E-state index in [-0.39, 0.29) is 0 Å². The minimum absolute atomic E-state index is 0.396. The van der Waals surface area contributed by atoms with Crippen LogP contribution in [0.4, 0.5) is 0 Å². The molecule has 0 spiro atoms. The van der Waals surface area contributed by atoms with E-state index in [4.69, 9.17) is 18.9 Å². The van der Waals surface area contributed by atoms with Crippen LogP contribution in [0.1, 0.15) is 30.1 Å². The number of carbonyl (C=O) groups excluding carboxylic acids is 1. The lowest BCUT2D eigenvalue weighted by atomic mass is 10.2. The van der Waals surface area contributed by atoms with Gasteiger partial charge in [0, 0.05) is 12.2 Å². The third kappa shape index (κ3) is 7.11. The van der Waals surface area contributed by atoms with Gasteiger partial charge in [-0.1, -0.05) is 13.3 Å². The Morgan fingerprint density at radius 3 is 2.38 bits per heavy atom. The number of rotatable bonds is 12. The molecule has 1 aromatic carbocycles. The molecule has 0 radical (unpaired) electrons. The molecule has 0 unspecified atom stereocenters. The van der Waals surface area contributed by atoms with Crippen molar-refractivity contribution in [3.05, 3.63) is 23.8 Å². The van der Waals surface area contributed by atoms with Gasteiger partial charge in [0.15, 0.2) is 11.5 Å². The van der Waals surface area contributed by atoms with Crippen molar-refractivity contribution < 1.29 is 23.7 Å². The van der Waals surface area contributed by atoms with Crippen LogP contribution in [-0.4, -0.2) is 46.4 Å². The maximum Gasteiger partial charge on any atom is 0.161 e. The number of benzene rings is 1. The van der Waals surface area contributed by atoms with Crippen LogP contribution in [-0.2, 0) is 9.47 Å². The highest BCUT2D eigenvalue weighted by atomic mass is 16.5. The Hall–Kier alpha value is -1.59. The average Bonchev–Trinajstić information content (AvgIpc) is 2.53. The van der Waals surface area contributed by atoms with Gasteiger partial charge in [-0.3, -0.25) is 4.79 Å². The molecule has 0 amide bonds. The highest BCUT2D eigenvalue weighted by Gasteiger charge is 2.05. The molecule has 0 atom stereocenters. The maximum absolute atomic E-state index is 10.7. The summed E-state index contributed by atoms with van der Waals surface area (Å²) in [6, 6.07) is 5.05. The highest BCUT2D eigenvalue weighted by Crippen LogP contribution is 2.27. The molecule has 0 N–H and O–H groups in total. The molecule has 0 saturated heterocycles. The molecule has 21 heavy (non-hydrogen) atoms. The minimum Gasteiger partial charge on any atom is -0.493 e. The van der Waals surface area contributed by atoms with Crippen LogP contribution in [0.5, 0.6) is 11.5 Å². The van der Waals surface area contributed by atoms with E-state index in [0.29, 0.717) is 43.5 Å². The molecule has 1 aromatic rings. The summed E-state index contributed by atoms with van der Waals surface area (Å²) in [6.07, 6.45) is 2.99. The first kappa shape index (κ1) is 17.5. The average molecular weight is 296 g/mol. The van der Waals surface area contributed by atoms with Crippen LogP contribution >= 0.6 is 0 Å². The van der Waals surface area contributed by atoms with E-state index in [0.717, 1.165) is 25.7 Å². The van der Waals surface area contributed by atoms with Crippen molar-refractivity contribution >= 4 is 6.29 Å². The van der Waals surface area contributed by atoms with Gasteiger partial charge in [0.1, 0.15) is 12.9 Å². The van der Waals surface area contributed by atoms with Gasteiger partial charge in [-0.25, -0.2) is 0 Å². The Bertz CT molecular complexity index is 406. The SMILES string of the molecule is CCCCOCCOCCOc1cc(C=O)ccc1OC. The normalized spacial score (nSPS) is 10.4. The topological polar surface area (TPSA) is 54.0 Å². The summed E-state index contributed by atoms with van der Waals surface area (Å²) < 4.78 is 21.5. The van der Waals surface area contributed by atoms with E-state index in [2.05, 4.69) is 6.92 Å². The smallest absolute Gasteiger partial charge is 0.161 e. The lowest BCUT2D eigenvalue weighted by molar-refractivity contribution is 0.0353. The van der Waals surface area contributed by atoms with Crippen molar-refractivity contribution in [2.24, 2.45) is 0 Å². The second-order valence-corrected chi connectivity index (χ2v) is 4.45. The van der Waals surface area contributed by atoms with Crippen molar-refractivity contribution in [1.82, 2.24) is 0 Å². The van der Waals surface area contributed by atoms with E-state index in [1.165, 1.54) is 0 Å². The van der Waals surface area contributed by atoms with Crippen molar-refractivity contribution in [3.8, 4) is 11.5 Å². The zero-order valence-corrected chi connectivity index (χ0v) is 12.8. The third-order valence-electron chi connectivity index (χ3n) is 2.82. The third-order valence-corrected chi connectivity index (χ3v) is 2.82. The summed E-state index contributed by atoms with van der Waals surface area (Å²) in [4.78, 5) is 10.7. The van der Waals surface area contributed by atoms with Crippen LogP contribution in [0, 0.1) is 0 Å². The van der Waals surface area contributed by atoms with Gasteiger partial charge in [0.25, 0.3) is 0 Å². The molecule has 0 aliphatic carbocycles. The van der Waals surface area contributed by atoms with Gasteiger partial charge >= 0.3 is 0 Å². The molecule has 0 aliphatic rings. The molecule has 0 fully saturated rings. The predicted molar refractivity (Wildman–Crippen MR) is 80.4 cm³/mol. The maximum atomic E-state index is 10.7. The first-order valence-corrected chi connectivity index (χ1v) is 7.23. The number of aldehydes is 1. The van der Waals surface area contributed by atoms with Crippen molar-refractivity contribution in [2.75, 3.05) is 40.1 Å². The van der Waals surface area contributed by atoms with E-state index in [9.17, 15) is 4.79 Å². The highest BCUT2D eigenvalue weighted by molar-refractivity contribution is 5.76. The number of hydrogen-bond acceptors (Lipinski definition) is 5. The molecule has 0 aromatic heterocycles.